The summed E-state index contributed by atoms with van der Waals surface area (Å²) in [5.41, 5.74) is 2.21. The number of ether oxygens (including phenoxy) is 1. The van der Waals surface area contributed by atoms with Crippen LogP contribution in [-0.4, -0.2) is 37.9 Å². The first-order valence-electron chi connectivity index (χ1n) is 8.95. The predicted molar refractivity (Wildman–Crippen MR) is 108 cm³/mol. The van der Waals surface area contributed by atoms with Gasteiger partial charge < -0.3 is 20.3 Å². The molecule has 148 valence electrons. The second kappa shape index (κ2) is 10.1. The highest BCUT2D eigenvalue weighted by Gasteiger charge is 2.16. The summed E-state index contributed by atoms with van der Waals surface area (Å²) in [7, 11) is 1.61. The lowest BCUT2D eigenvalue weighted by molar-refractivity contribution is -0.123. The van der Waals surface area contributed by atoms with Gasteiger partial charge in [-0.05, 0) is 42.3 Å². The van der Waals surface area contributed by atoms with E-state index >= 15 is 0 Å². The first-order chi connectivity index (χ1) is 13.4. The third-order valence-corrected chi connectivity index (χ3v) is 4.09. The molecule has 28 heavy (non-hydrogen) atoms. The lowest BCUT2D eigenvalue weighted by atomic mass is 10.1. The second-order valence-electron chi connectivity index (χ2n) is 6.25. The molecular formula is C21H25N3O4. The van der Waals surface area contributed by atoms with Gasteiger partial charge in [-0.25, -0.2) is 0 Å². The molecule has 2 aromatic rings. The van der Waals surface area contributed by atoms with E-state index in [-0.39, 0.29) is 24.3 Å². The van der Waals surface area contributed by atoms with Crippen molar-refractivity contribution >= 4 is 29.1 Å². The molecule has 3 amide bonds. The number of methoxy groups -OCH3 is 1. The fourth-order valence-corrected chi connectivity index (χ4v) is 2.76. The number of para-hydroxylation sites is 1. The third kappa shape index (κ3) is 6.12. The van der Waals surface area contributed by atoms with E-state index in [1.807, 2.05) is 24.3 Å². The molecule has 0 bridgehead atoms. The van der Waals surface area contributed by atoms with Gasteiger partial charge in [0.1, 0.15) is 12.3 Å². The summed E-state index contributed by atoms with van der Waals surface area (Å²) in [4.78, 5) is 36.8. The van der Waals surface area contributed by atoms with E-state index in [1.165, 1.54) is 18.7 Å². The Balaban J connectivity index is 1.93. The van der Waals surface area contributed by atoms with Gasteiger partial charge >= 0.3 is 0 Å². The standard InChI is InChI=1S/C21H25N3O4/c1-15(25)23-18-8-10-19(11-9-18)24(16(2)26)14-21(27)22-13-12-17-6-4-5-7-20(17)28-3/h4-11H,12-14H2,1-3H3,(H,22,27)(H,23,25). The summed E-state index contributed by atoms with van der Waals surface area (Å²) in [5.74, 6) is 0.107. The summed E-state index contributed by atoms with van der Waals surface area (Å²) in [6.07, 6.45) is 0.626. The van der Waals surface area contributed by atoms with Crippen molar-refractivity contribution in [2.24, 2.45) is 0 Å². The van der Waals surface area contributed by atoms with Gasteiger partial charge in [-0.2, -0.15) is 0 Å². The minimum Gasteiger partial charge on any atom is -0.496 e. The number of rotatable bonds is 8. The van der Waals surface area contributed by atoms with Gasteiger partial charge in [0.15, 0.2) is 0 Å². The maximum Gasteiger partial charge on any atom is 0.240 e. The Labute approximate surface area is 164 Å². The number of nitrogens with one attached hydrogen (secondary N) is 2. The first-order valence-corrected chi connectivity index (χ1v) is 8.95. The number of anilines is 2. The molecule has 7 nitrogen and oxygen atoms in total. The highest BCUT2D eigenvalue weighted by molar-refractivity contribution is 5.97. The van der Waals surface area contributed by atoms with Crippen LogP contribution in [0.3, 0.4) is 0 Å². The number of nitrogens with zero attached hydrogens (tertiary/aromatic N) is 1. The minimum atomic E-state index is -0.254. The quantitative estimate of drug-likeness (QED) is 0.733. The summed E-state index contributed by atoms with van der Waals surface area (Å²) >= 11 is 0. The van der Waals surface area contributed by atoms with Gasteiger partial charge in [-0.1, -0.05) is 18.2 Å². The fourth-order valence-electron chi connectivity index (χ4n) is 2.76. The summed E-state index contributed by atoms with van der Waals surface area (Å²) in [6.45, 7) is 3.18. The van der Waals surface area contributed by atoms with Gasteiger partial charge in [0.25, 0.3) is 0 Å². The number of carbonyl (C=O) groups excluding carboxylic acids is 3. The lowest BCUT2D eigenvalue weighted by Crippen LogP contribution is -2.40. The fraction of sp³-hybridized carbons (Fsp3) is 0.286. The Morgan fingerprint density at radius 3 is 2.29 bits per heavy atom. The molecular weight excluding hydrogens is 358 g/mol. The molecule has 2 rings (SSSR count). The third-order valence-electron chi connectivity index (χ3n) is 4.09. The molecule has 0 aliphatic carbocycles. The smallest absolute Gasteiger partial charge is 0.240 e. The van der Waals surface area contributed by atoms with Gasteiger partial charge in [0, 0.05) is 31.8 Å². The zero-order valence-corrected chi connectivity index (χ0v) is 16.3. The number of hydrogen-bond acceptors (Lipinski definition) is 4. The van der Waals surface area contributed by atoms with Crippen LogP contribution in [0.25, 0.3) is 0 Å². The molecule has 0 atom stereocenters. The SMILES string of the molecule is COc1ccccc1CCNC(=O)CN(C(C)=O)c1ccc(NC(C)=O)cc1. The van der Waals surface area contributed by atoms with Crippen LogP contribution in [-0.2, 0) is 20.8 Å². The van der Waals surface area contributed by atoms with E-state index in [0.717, 1.165) is 11.3 Å². The predicted octanol–water partition coefficient (Wildman–Crippen LogP) is 2.37. The number of amides is 3. The number of benzene rings is 2. The monoisotopic (exact) mass is 383 g/mol. The maximum absolute atomic E-state index is 12.3. The summed E-state index contributed by atoms with van der Waals surface area (Å²) < 4.78 is 5.30. The molecule has 0 saturated heterocycles. The minimum absolute atomic E-state index is 0.0826. The Morgan fingerprint density at radius 1 is 1.00 bits per heavy atom. The molecule has 7 heteroatoms. The van der Waals surface area contributed by atoms with E-state index in [4.69, 9.17) is 4.74 Å². The van der Waals surface area contributed by atoms with Crippen molar-refractivity contribution in [3.8, 4) is 5.75 Å². The van der Waals surface area contributed by atoms with Gasteiger partial charge in [0.05, 0.1) is 7.11 Å². The first kappa shape index (κ1) is 21.0. The Bertz CT molecular complexity index is 834. The largest absolute Gasteiger partial charge is 0.496 e. The molecule has 0 saturated carbocycles. The molecule has 0 unspecified atom stereocenters. The highest BCUT2D eigenvalue weighted by atomic mass is 16.5. The zero-order valence-electron chi connectivity index (χ0n) is 16.3. The lowest BCUT2D eigenvalue weighted by Gasteiger charge is -2.21. The molecule has 0 heterocycles. The Kier molecular flexibility index (Phi) is 7.56. The normalized spacial score (nSPS) is 10.1. The van der Waals surface area contributed by atoms with Crippen LogP contribution in [0.15, 0.2) is 48.5 Å². The average molecular weight is 383 g/mol. The van der Waals surface area contributed by atoms with E-state index in [1.54, 1.807) is 31.4 Å². The molecule has 0 aliphatic rings. The van der Waals surface area contributed by atoms with Crippen LogP contribution in [0.5, 0.6) is 5.75 Å². The molecule has 0 aliphatic heterocycles. The molecule has 0 spiro atoms. The van der Waals surface area contributed by atoms with Gasteiger partial charge in [-0.15, -0.1) is 0 Å². The van der Waals surface area contributed by atoms with Crippen LogP contribution in [0, 0.1) is 0 Å². The molecule has 0 aromatic heterocycles. The van der Waals surface area contributed by atoms with E-state index in [9.17, 15) is 14.4 Å². The van der Waals surface area contributed by atoms with Crippen LogP contribution in [0.4, 0.5) is 11.4 Å². The maximum atomic E-state index is 12.3. The van der Waals surface area contributed by atoms with E-state index < -0.39 is 0 Å². The van der Waals surface area contributed by atoms with Crippen molar-refractivity contribution < 1.29 is 19.1 Å². The van der Waals surface area contributed by atoms with Crippen molar-refractivity contribution in [2.75, 3.05) is 30.4 Å². The summed E-state index contributed by atoms with van der Waals surface area (Å²) in [6, 6.07) is 14.4. The zero-order chi connectivity index (χ0) is 20.5. The van der Waals surface area contributed by atoms with Crippen LogP contribution >= 0.6 is 0 Å². The number of carbonyl (C=O) groups is 3. The van der Waals surface area contributed by atoms with Crippen molar-refractivity contribution in [3.63, 3.8) is 0 Å². The highest BCUT2D eigenvalue weighted by Crippen LogP contribution is 2.19. The molecule has 0 fully saturated rings. The van der Waals surface area contributed by atoms with E-state index in [2.05, 4.69) is 10.6 Å². The Morgan fingerprint density at radius 2 is 1.68 bits per heavy atom. The van der Waals surface area contributed by atoms with Crippen molar-refractivity contribution in [2.45, 2.75) is 20.3 Å². The topological polar surface area (TPSA) is 87.7 Å². The van der Waals surface area contributed by atoms with Gasteiger partial charge in [0.2, 0.25) is 17.7 Å². The number of hydrogen-bond donors (Lipinski definition) is 2. The van der Waals surface area contributed by atoms with E-state index in [0.29, 0.717) is 24.3 Å². The van der Waals surface area contributed by atoms with Crippen LogP contribution in [0.1, 0.15) is 19.4 Å². The van der Waals surface area contributed by atoms with Gasteiger partial charge in [-0.3, -0.25) is 14.4 Å². The van der Waals surface area contributed by atoms with Crippen molar-refractivity contribution in [1.29, 1.82) is 0 Å². The van der Waals surface area contributed by atoms with Crippen LogP contribution in [0.2, 0.25) is 0 Å². The van der Waals surface area contributed by atoms with Crippen molar-refractivity contribution in [3.05, 3.63) is 54.1 Å². The average Bonchev–Trinajstić information content (AvgIpc) is 2.66. The summed E-state index contributed by atoms with van der Waals surface area (Å²) in [5, 5.41) is 5.49. The molecule has 0 radical (unpaired) electrons. The second-order valence-corrected chi connectivity index (χ2v) is 6.25. The molecule has 2 aromatic carbocycles. The Hall–Kier alpha value is -3.35. The van der Waals surface area contributed by atoms with Crippen LogP contribution < -0.4 is 20.3 Å². The van der Waals surface area contributed by atoms with Crippen molar-refractivity contribution in [1.82, 2.24) is 5.32 Å². The molecule has 2 N–H and O–H groups in total.